The predicted octanol–water partition coefficient (Wildman–Crippen LogP) is 4.62. The molecule has 26 heavy (non-hydrogen) atoms. The zero-order chi connectivity index (χ0) is 19.3. The highest BCUT2D eigenvalue weighted by Gasteiger charge is 2.11. The van der Waals surface area contributed by atoms with Crippen LogP contribution in [0.1, 0.15) is 34.3 Å². The number of nitrogens with two attached hydrogens (primary N) is 1. The number of ether oxygens (including phenoxy) is 1. The van der Waals surface area contributed by atoms with E-state index >= 15 is 0 Å². The van der Waals surface area contributed by atoms with Crippen LogP contribution in [0.25, 0.3) is 0 Å². The molecule has 0 saturated heterocycles. The average molecular weight is 440 g/mol. The molecule has 2 aromatic rings. The average Bonchev–Trinajstić information content (AvgIpc) is 2.61. The number of nitrogens with one attached hydrogen (secondary N) is 1. The minimum absolute atomic E-state index is 0.122. The number of primary amides is 1. The van der Waals surface area contributed by atoms with Crippen LogP contribution in [0.15, 0.2) is 34.8 Å². The molecule has 0 aliphatic heterocycles. The number of hydrogen-bond acceptors (Lipinski definition) is 3. The third kappa shape index (κ3) is 5.22. The number of amides is 2. The van der Waals surface area contributed by atoms with Crippen molar-refractivity contribution in [3.63, 3.8) is 0 Å². The second-order valence-corrected chi connectivity index (χ2v) is 7.06. The number of rotatable bonds is 7. The molecule has 0 unspecified atom stereocenters. The van der Waals surface area contributed by atoms with Crippen molar-refractivity contribution in [3.05, 3.63) is 56.5 Å². The number of benzene rings is 2. The lowest BCUT2D eigenvalue weighted by atomic mass is 10.1. The van der Waals surface area contributed by atoms with Gasteiger partial charge in [0.15, 0.2) is 0 Å². The molecular weight excluding hydrogens is 420 g/mol. The van der Waals surface area contributed by atoms with Crippen LogP contribution in [0.2, 0.25) is 5.02 Å². The first kappa shape index (κ1) is 20.3. The zero-order valence-electron chi connectivity index (χ0n) is 14.6. The van der Waals surface area contributed by atoms with E-state index < -0.39 is 5.91 Å². The van der Waals surface area contributed by atoms with Crippen LogP contribution < -0.4 is 15.8 Å². The number of anilines is 1. The molecule has 0 aliphatic rings. The molecule has 2 rings (SSSR count). The smallest absolute Gasteiger partial charge is 0.248 e. The molecule has 2 aromatic carbocycles. The highest BCUT2D eigenvalue weighted by Crippen LogP contribution is 2.35. The van der Waals surface area contributed by atoms with Crippen molar-refractivity contribution in [2.24, 2.45) is 5.73 Å². The third-order valence-electron chi connectivity index (χ3n) is 3.83. The molecule has 3 N–H and O–H groups in total. The summed E-state index contributed by atoms with van der Waals surface area (Å²) in [5.74, 6) is 0.0914. The van der Waals surface area contributed by atoms with Crippen molar-refractivity contribution in [2.45, 2.75) is 26.7 Å². The fourth-order valence-corrected chi connectivity index (χ4v) is 3.05. The summed E-state index contributed by atoms with van der Waals surface area (Å²) in [5, 5.41) is 3.48. The molecule has 0 aromatic heterocycles. The minimum atomic E-state index is -0.501. The Labute approximate surface area is 166 Å². The number of aryl methyl sites for hydroxylation is 1. The van der Waals surface area contributed by atoms with Gasteiger partial charge in [-0.05, 0) is 77.7 Å². The Morgan fingerprint density at radius 1 is 1.23 bits per heavy atom. The van der Waals surface area contributed by atoms with Gasteiger partial charge in [-0.1, -0.05) is 11.6 Å². The first-order valence-corrected chi connectivity index (χ1v) is 9.24. The van der Waals surface area contributed by atoms with Gasteiger partial charge in [-0.25, -0.2) is 0 Å². The molecule has 5 nitrogen and oxygen atoms in total. The van der Waals surface area contributed by atoms with E-state index in [-0.39, 0.29) is 5.91 Å². The van der Waals surface area contributed by atoms with Gasteiger partial charge in [0.1, 0.15) is 5.75 Å². The van der Waals surface area contributed by atoms with E-state index in [1.54, 1.807) is 24.3 Å². The van der Waals surface area contributed by atoms with Crippen molar-refractivity contribution in [1.29, 1.82) is 0 Å². The molecule has 2 amide bonds. The molecule has 0 aliphatic carbocycles. The third-order valence-corrected chi connectivity index (χ3v) is 5.39. The predicted molar refractivity (Wildman–Crippen MR) is 107 cm³/mol. The minimum Gasteiger partial charge on any atom is -0.492 e. The Kier molecular flexibility index (Phi) is 7.06. The molecule has 0 saturated carbocycles. The standard InChI is InChI=1S/C19H20BrClN2O3/c1-11-10-15(17(20)12(2)18(11)21)26-9-3-4-16(24)23-14-7-5-13(6-8-14)19(22)25/h5-8,10H,3-4,9H2,1-2H3,(H2,22,25)(H,23,24). The van der Waals surface area contributed by atoms with E-state index in [2.05, 4.69) is 21.2 Å². The van der Waals surface area contributed by atoms with Crippen LogP contribution in [0, 0.1) is 13.8 Å². The fraction of sp³-hybridized carbons (Fsp3) is 0.263. The number of carbonyl (C=O) groups excluding carboxylic acids is 2. The van der Waals surface area contributed by atoms with Gasteiger partial charge < -0.3 is 15.8 Å². The van der Waals surface area contributed by atoms with E-state index in [0.717, 1.165) is 15.6 Å². The zero-order valence-corrected chi connectivity index (χ0v) is 16.9. The Hall–Kier alpha value is -2.05. The van der Waals surface area contributed by atoms with Crippen LogP contribution >= 0.6 is 27.5 Å². The van der Waals surface area contributed by atoms with Crippen LogP contribution in [0.3, 0.4) is 0 Å². The SMILES string of the molecule is Cc1cc(OCCCC(=O)Nc2ccc(C(N)=O)cc2)c(Br)c(C)c1Cl. The van der Waals surface area contributed by atoms with Crippen molar-refractivity contribution in [3.8, 4) is 5.75 Å². The van der Waals surface area contributed by atoms with Crippen molar-refractivity contribution < 1.29 is 14.3 Å². The maximum absolute atomic E-state index is 12.0. The van der Waals surface area contributed by atoms with Gasteiger partial charge in [-0.15, -0.1) is 0 Å². The summed E-state index contributed by atoms with van der Waals surface area (Å²) in [7, 11) is 0. The molecule has 0 bridgehead atoms. The molecule has 0 fully saturated rings. The monoisotopic (exact) mass is 438 g/mol. The van der Waals surface area contributed by atoms with E-state index in [1.165, 1.54) is 0 Å². The van der Waals surface area contributed by atoms with Gasteiger partial charge in [0.05, 0.1) is 11.1 Å². The highest BCUT2D eigenvalue weighted by molar-refractivity contribution is 9.10. The molecule has 0 radical (unpaired) electrons. The van der Waals surface area contributed by atoms with Gasteiger partial charge in [-0.2, -0.15) is 0 Å². The summed E-state index contributed by atoms with van der Waals surface area (Å²) in [6, 6.07) is 8.31. The lowest BCUT2D eigenvalue weighted by molar-refractivity contribution is -0.116. The maximum atomic E-state index is 12.0. The van der Waals surface area contributed by atoms with E-state index in [1.807, 2.05) is 19.9 Å². The normalized spacial score (nSPS) is 10.5. The Bertz CT molecular complexity index is 823. The topological polar surface area (TPSA) is 81.4 Å². The molecule has 0 spiro atoms. The van der Waals surface area contributed by atoms with Gasteiger partial charge in [0.2, 0.25) is 11.8 Å². The molecular formula is C19H20BrClN2O3. The van der Waals surface area contributed by atoms with E-state index in [4.69, 9.17) is 22.1 Å². The van der Waals surface area contributed by atoms with E-state index in [9.17, 15) is 9.59 Å². The second-order valence-electron chi connectivity index (χ2n) is 5.89. The molecule has 7 heteroatoms. The number of halogens is 2. The van der Waals surface area contributed by atoms with Crippen LogP contribution in [0.4, 0.5) is 5.69 Å². The quantitative estimate of drug-likeness (QED) is 0.618. The summed E-state index contributed by atoms with van der Waals surface area (Å²) in [5.41, 5.74) is 8.07. The Morgan fingerprint density at radius 3 is 2.50 bits per heavy atom. The summed E-state index contributed by atoms with van der Waals surface area (Å²) in [4.78, 5) is 23.0. The first-order valence-electron chi connectivity index (χ1n) is 8.07. The van der Waals surface area contributed by atoms with E-state index in [0.29, 0.717) is 41.5 Å². The Balaban J connectivity index is 1.81. The number of carbonyl (C=O) groups is 2. The van der Waals surface area contributed by atoms with Crippen molar-refractivity contribution in [2.75, 3.05) is 11.9 Å². The first-order chi connectivity index (χ1) is 12.3. The molecule has 0 atom stereocenters. The van der Waals surface area contributed by atoms with Gasteiger partial charge in [-0.3, -0.25) is 9.59 Å². The summed E-state index contributed by atoms with van der Waals surface area (Å²) >= 11 is 9.68. The van der Waals surface area contributed by atoms with Gasteiger partial charge in [0, 0.05) is 22.7 Å². The van der Waals surface area contributed by atoms with Crippen LogP contribution in [-0.2, 0) is 4.79 Å². The summed E-state index contributed by atoms with van der Waals surface area (Å²) in [6.07, 6.45) is 0.888. The van der Waals surface area contributed by atoms with Crippen LogP contribution in [-0.4, -0.2) is 18.4 Å². The highest BCUT2D eigenvalue weighted by atomic mass is 79.9. The van der Waals surface area contributed by atoms with Crippen LogP contribution in [0.5, 0.6) is 5.75 Å². The van der Waals surface area contributed by atoms with Gasteiger partial charge in [0.25, 0.3) is 0 Å². The molecule has 138 valence electrons. The lowest BCUT2D eigenvalue weighted by Gasteiger charge is -2.13. The largest absolute Gasteiger partial charge is 0.492 e. The molecule has 0 heterocycles. The van der Waals surface area contributed by atoms with Crippen molar-refractivity contribution in [1.82, 2.24) is 0 Å². The number of hydrogen-bond donors (Lipinski definition) is 2. The fourth-order valence-electron chi connectivity index (χ4n) is 2.36. The van der Waals surface area contributed by atoms with Crippen molar-refractivity contribution >= 4 is 45.0 Å². The lowest BCUT2D eigenvalue weighted by Crippen LogP contribution is -2.14. The second kappa shape index (κ2) is 9.05. The summed E-state index contributed by atoms with van der Waals surface area (Å²) in [6.45, 7) is 4.25. The van der Waals surface area contributed by atoms with Gasteiger partial charge >= 0.3 is 0 Å². The Morgan fingerprint density at radius 2 is 1.88 bits per heavy atom. The summed E-state index contributed by atoms with van der Waals surface area (Å²) < 4.78 is 6.59. The maximum Gasteiger partial charge on any atom is 0.248 e.